The highest BCUT2D eigenvalue weighted by Crippen LogP contribution is 2.20. The minimum Gasteiger partial charge on any atom is -0.278 e. The van der Waals surface area contributed by atoms with Crippen LogP contribution >= 0.6 is 0 Å². The van der Waals surface area contributed by atoms with E-state index in [2.05, 4.69) is 10.3 Å². The van der Waals surface area contributed by atoms with E-state index in [-0.39, 0.29) is 10.8 Å². The summed E-state index contributed by atoms with van der Waals surface area (Å²) in [5.41, 5.74) is 4.16. The molecule has 122 valence electrons. The Labute approximate surface area is 136 Å². The van der Waals surface area contributed by atoms with Crippen molar-refractivity contribution in [3.8, 4) is 11.1 Å². The molecular weight excluding hydrogens is 312 g/mol. The van der Waals surface area contributed by atoms with Gasteiger partial charge in [-0.25, -0.2) is 8.42 Å². The fraction of sp³-hybridized carbons (Fsp3) is 0.235. The third-order valence-corrected chi connectivity index (χ3v) is 4.62. The van der Waals surface area contributed by atoms with Gasteiger partial charge in [-0.05, 0) is 29.7 Å². The monoisotopic (exact) mass is 332 g/mol. The van der Waals surface area contributed by atoms with Gasteiger partial charge in [-0.3, -0.25) is 10.2 Å². The lowest BCUT2D eigenvalue weighted by atomic mass is 10.1. The molecule has 0 aliphatic heterocycles. The first-order valence-electron chi connectivity index (χ1n) is 7.49. The fourth-order valence-electron chi connectivity index (χ4n) is 2.04. The molecule has 0 bridgehead atoms. The molecule has 2 N–H and O–H groups in total. The summed E-state index contributed by atoms with van der Waals surface area (Å²) in [5.74, 6) is -0.337. The van der Waals surface area contributed by atoms with E-state index >= 15 is 0 Å². The van der Waals surface area contributed by atoms with Crippen LogP contribution in [0.25, 0.3) is 11.1 Å². The van der Waals surface area contributed by atoms with Gasteiger partial charge in [0, 0.05) is 6.42 Å². The number of nitrogens with one attached hydrogen (secondary N) is 2. The summed E-state index contributed by atoms with van der Waals surface area (Å²) >= 11 is 0. The molecule has 0 saturated heterocycles. The number of carbonyl (C=O) groups excluding carboxylic acids is 1. The molecule has 0 spiro atoms. The van der Waals surface area contributed by atoms with Crippen molar-refractivity contribution in [1.29, 1.82) is 0 Å². The first-order chi connectivity index (χ1) is 11.0. The van der Waals surface area contributed by atoms with E-state index < -0.39 is 10.0 Å². The third-order valence-electron chi connectivity index (χ3n) is 3.35. The average Bonchev–Trinajstić information content (AvgIpc) is 2.59. The molecule has 1 amide bonds. The molecule has 2 aromatic carbocycles. The van der Waals surface area contributed by atoms with E-state index in [1.54, 1.807) is 12.1 Å². The molecule has 23 heavy (non-hydrogen) atoms. The molecule has 2 aromatic rings. The number of hydrogen-bond acceptors (Lipinski definition) is 3. The Kier molecular flexibility index (Phi) is 5.90. The second-order valence-electron chi connectivity index (χ2n) is 5.15. The summed E-state index contributed by atoms with van der Waals surface area (Å²) in [6, 6.07) is 16.2. The number of unbranched alkanes of at least 4 members (excludes halogenated alkanes) is 1. The first kappa shape index (κ1) is 17.2. The maximum Gasteiger partial charge on any atom is 0.257 e. The van der Waals surface area contributed by atoms with Gasteiger partial charge in [0.15, 0.2) is 0 Å². The van der Waals surface area contributed by atoms with Gasteiger partial charge in [-0.2, -0.15) is 0 Å². The summed E-state index contributed by atoms with van der Waals surface area (Å²) in [7, 11) is -3.76. The molecule has 0 aliphatic rings. The lowest BCUT2D eigenvalue weighted by Gasteiger charge is -2.09. The molecule has 0 fully saturated rings. The second-order valence-corrected chi connectivity index (χ2v) is 6.83. The Balaban J connectivity index is 2.04. The Bertz CT molecular complexity index is 741. The van der Waals surface area contributed by atoms with E-state index in [0.29, 0.717) is 6.42 Å². The zero-order valence-electron chi connectivity index (χ0n) is 13.0. The summed E-state index contributed by atoms with van der Waals surface area (Å²) in [4.78, 5) is 13.7. The van der Waals surface area contributed by atoms with Crippen molar-refractivity contribution in [3.63, 3.8) is 0 Å². The standard InChI is InChI=1S/C17H20N2O3S/c1-2-3-9-17(20)18-19-23(21,22)16-12-10-15(11-13-16)14-7-5-4-6-8-14/h4-8,10-13,19H,2-3,9H2,1H3,(H,18,20). The van der Waals surface area contributed by atoms with Gasteiger partial charge in [-0.15, -0.1) is 4.83 Å². The summed E-state index contributed by atoms with van der Waals surface area (Å²) < 4.78 is 24.3. The van der Waals surface area contributed by atoms with Crippen molar-refractivity contribution in [2.75, 3.05) is 0 Å². The SMILES string of the molecule is CCCCC(=O)NNS(=O)(=O)c1ccc(-c2ccccc2)cc1. The fourth-order valence-corrected chi connectivity index (χ4v) is 2.90. The largest absolute Gasteiger partial charge is 0.278 e. The number of benzene rings is 2. The molecule has 0 atom stereocenters. The summed E-state index contributed by atoms with van der Waals surface area (Å²) in [6.45, 7) is 1.96. The summed E-state index contributed by atoms with van der Waals surface area (Å²) in [6.07, 6.45) is 1.90. The van der Waals surface area contributed by atoms with Crippen molar-refractivity contribution >= 4 is 15.9 Å². The van der Waals surface area contributed by atoms with Gasteiger partial charge in [0.25, 0.3) is 10.0 Å². The number of carbonyl (C=O) groups is 1. The number of rotatable bonds is 7. The smallest absolute Gasteiger partial charge is 0.257 e. The van der Waals surface area contributed by atoms with Crippen LogP contribution in [-0.2, 0) is 14.8 Å². The molecule has 0 saturated carbocycles. The van der Waals surface area contributed by atoms with E-state index in [1.807, 2.05) is 37.3 Å². The zero-order valence-corrected chi connectivity index (χ0v) is 13.8. The molecule has 6 heteroatoms. The lowest BCUT2D eigenvalue weighted by molar-refractivity contribution is -0.121. The van der Waals surface area contributed by atoms with Crippen LogP contribution in [0.4, 0.5) is 0 Å². The predicted octanol–water partition coefficient (Wildman–Crippen LogP) is 2.85. The molecule has 0 aromatic heterocycles. The van der Waals surface area contributed by atoms with E-state index in [9.17, 15) is 13.2 Å². The molecular formula is C17H20N2O3S. The van der Waals surface area contributed by atoms with Crippen LogP contribution in [0.5, 0.6) is 0 Å². The Morgan fingerprint density at radius 1 is 0.957 bits per heavy atom. The Morgan fingerprint density at radius 3 is 2.17 bits per heavy atom. The van der Waals surface area contributed by atoms with Crippen LogP contribution in [0.3, 0.4) is 0 Å². The van der Waals surface area contributed by atoms with Gasteiger partial charge >= 0.3 is 0 Å². The Morgan fingerprint density at radius 2 is 1.57 bits per heavy atom. The maximum atomic E-state index is 12.1. The molecule has 0 aliphatic carbocycles. The van der Waals surface area contributed by atoms with Gasteiger partial charge in [0.1, 0.15) is 0 Å². The van der Waals surface area contributed by atoms with Gasteiger partial charge in [0.05, 0.1) is 4.90 Å². The first-order valence-corrected chi connectivity index (χ1v) is 8.97. The van der Waals surface area contributed by atoms with Gasteiger partial charge in [0.2, 0.25) is 5.91 Å². The van der Waals surface area contributed by atoms with Crippen LogP contribution in [-0.4, -0.2) is 14.3 Å². The van der Waals surface area contributed by atoms with Crippen LogP contribution < -0.4 is 10.3 Å². The molecule has 2 rings (SSSR count). The number of hydrogen-bond donors (Lipinski definition) is 2. The Hall–Kier alpha value is -2.18. The van der Waals surface area contributed by atoms with E-state index in [4.69, 9.17) is 0 Å². The lowest BCUT2D eigenvalue weighted by Crippen LogP contribution is -2.41. The normalized spacial score (nSPS) is 11.2. The molecule has 0 heterocycles. The van der Waals surface area contributed by atoms with E-state index in [1.165, 1.54) is 12.1 Å². The summed E-state index contributed by atoms with van der Waals surface area (Å²) in [5, 5.41) is 0. The number of hydrazine groups is 1. The van der Waals surface area contributed by atoms with Crippen LogP contribution in [0.2, 0.25) is 0 Å². The highest BCUT2D eigenvalue weighted by atomic mass is 32.2. The van der Waals surface area contributed by atoms with Crippen LogP contribution in [0.1, 0.15) is 26.2 Å². The number of sulfonamides is 1. The highest BCUT2D eigenvalue weighted by Gasteiger charge is 2.14. The maximum absolute atomic E-state index is 12.1. The molecule has 5 nitrogen and oxygen atoms in total. The minimum atomic E-state index is -3.76. The van der Waals surface area contributed by atoms with Crippen molar-refractivity contribution in [2.45, 2.75) is 31.1 Å². The van der Waals surface area contributed by atoms with Crippen LogP contribution in [0.15, 0.2) is 59.5 Å². The average molecular weight is 332 g/mol. The van der Waals surface area contributed by atoms with Crippen molar-refractivity contribution < 1.29 is 13.2 Å². The highest BCUT2D eigenvalue weighted by molar-refractivity contribution is 7.89. The van der Waals surface area contributed by atoms with Gasteiger partial charge in [-0.1, -0.05) is 55.8 Å². The topological polar surface area (TPSA) is 75.3 Å². The molecule has 0 radical (unpaired) electrons. The van der Waals surface area contributed by atoms with Crippen molar-refractivity contribution in [2.24, 2.45) is 0 Å². The molecule has 0 unspecified atom stereocenters. The predicted molar refractivity (Wildman–Crippen MR) is 89.9 cm³/mol. The second kappa shape index (κ2) is 7.89. The van der Waals surface area contributed by atoms with Crippen molar-refractivity contribution in [3.05, 3.63) is 54.6 Å². The zero-order chi connectivity index (χ0) is 16.7. The van der Waals surface area contributed by atoms with E-state index in [0.717, 1.165) is 24.0 Å². The van der Waals surface area contributed by atoms with Crippen molar-refractivity contribution in [1.82, 2.24) is 10.3 Å². The van der Waals surface area contributed by atoms with Gasteiger partial charge < -0.3 is 0 Å². The minimum absolute atomic E-state index is 0.105. The number of amides is 1. The third kappa shape index (κ3) is 4.91. The van der Waals surface area contributed by atoms with Crippen LogP contribution in [0, 0.1) is 0 Å². The quantitative estimate of drug-likeness (QED) is 0.766.